The first-order valence-electron chi connectivity index (χ1n) is 4.79. The average Bonchev–Trinajstić information content (AvgIpc) is 2.25. The van der Waals surface area contributed by atoms with Gasteiger partial charge < -0.3 is 30.9 Å². The maximum Gasteiger partial charge on any atom is 0.231 e. The van der Waals surface area contributed by atoms with E-state index in [4.69, 9.17) is 15.6 Å². The van der Waals surface area contributed by atoms with E-state index in [-0.39, 0.29) is 6.54 Å². The van der Waals surface area contributed by atoms with E-state index in [1.807, 2.05) is 0 Å². The zero-order chi connectivity index (χ0) is 12.3. The number of hydrogen-bond acceptors (Lipinski definition) is 7. The van der Waals surface area contributed by atoms with Gasteiger partial charge in [-0.05, 0) is 0 Å². The summed E-state index contributed by atoms with van der Waals surface area (Å²) in [4.78, 5) is 10.5. The lowest BCUT2D eigenvalue weighted by Crippen LogP contribution is -2.63. The molecule has 1 amide bonds. The van der Waals surface area contributed by atoms with Crippen molar-refractivity contribution >= 4 is 5.91 Å². The second-order valence-corrected chi connectivity index (χ2v) is 3.60. The summed E-state index contributed by atoms with van der Waals surface area (Å²) in [6, 6.07) is 0. The molecule has 94 valence electrons. The highest BCUT2D eigenvalue weighted by atomic mass is 16.6. The van der Waals surface area contributed by atoms with Crippen molar-refractivity contribution in [2.24, 2.45) is 5.73 Å². The van der Waals surface area contributed by atoms with Crippen LogP contribution in [0.15, 0.2) is 0 Å². The Bertz CT molecular complexity index is 249. The van der Waals surface area contributed by atoms with Gasteiger partial charge in [0.25, 0.3) is 0 Å². The minimum atomic E-state index is -1.46. The lowest BCUT2D eigenvalue weighted by molar-refractivity contribution is -0.236. The fourth-order valence-electron chi connectivity index (χ4n) is 1.47. The van der Waals surface area contributed by atoms with Crippen LogP contribution in [0.3, 0.4) is 0 Å². The zero-order valence-corrected chi connectivity index (χ0v) is 8.48. The standard InChI is InChI=1S/C8H16N2O6/c9-4(12)1-10-8-7(15)6(14)5(13)3(2-11)16-8/h3,5-8,10-11,13-15H,1-2H2,(H2,9,12)/t3-,5-,6+,7+,8+/m1/s1. The third-order valence-corrected chi connectivity index (χ3v) is 2.37. The number of amides is 1. The normalized spacial score (nSPS) is 39.6. The van der Waals surface area contributed by atoms with E-state index in [2.05, 4.69) is 5.32 Å². The predicted octanol–water partition coefficient (Wildman–Crippen LogP) is -4.14. The Hall–Kier alpha value is -0.770. The summed E-state index contributed by atoms with van der Waals surface area (Å²) in [6.45, 7) is -0.762. The minimum absolute atomic E-state index is 0.247. The van der Waals surface area contributed by atoms with Crippen LogP contribution in [-0.2, 0) is 9.53 Å². The zero-order valence-electron chi connectivity index (χ0n) is 8.48. The van der Waals surface area contributed by atoms with Gasteiger partial charge in [-0.25, -0.2) is 0 Å². The molecule has 0 unspecified atom stereocenters. The molecule has 7 N–H and O–H groups in total. The highest BCUT2D eigenvalue weighted by molar-refractivity contribution is 5.75. The summed E-state index contributed by atoms with van der Waals surface area (Å²) in [5, 5.41) is 39.6. The number of rotatable bonds is 4. The summed E-state index contributed by atoms with van der Waals surface area (Å²) in [5.41, 5.74) is 4.88. The van der Waals surface area contributed by atoms with E-state index < -0.39 is 43.2 Å². The first-order valence-corrected chi connectivity index (χ1v) is 4.79. The fourth-order valence-corrected chi connectivity index (χ4v) is 1.47. The summed E-state index contributed by atoms with van der Waals surface area (Å²) < 4.78 is 5.05. The molecular weight excluding hydrogens is 220 g/mol. The molecule has 0 aliphatic carbocycles. The first kappa shape index (κ1) is 13.3. The number of hydrogen-bond donors (Lipinski definition) is 6. The fraction of sp³-hybridized carbons (Fsp3) is 0.875. The monoisotopic (exact) mass is 236 g/mol. The molecule has 0 spiro atoms. The molecule has 5 atom stereocenters. The lowest BCUT2D eigenvalue weighted by Gasteiger charge is -2.40. The van der Waals surface area contributed by atoms with Gasteiger partial charge in [0.2, 0.25) is 5.91 Å². The van der Waals surface area contributed by atoms with Crippen LogP contribution in [0.2, 0.25) is 0 Å². The molecule has 8 nitrogen and oxygen atoms in total. The van der Waals surface area contributed by atoms with Crippen LogP contribution in [0.25, 0.3) is 0 Å². The molecule has 1 saturated heterocycles. The van der Waals surface area contributed by atoms with Crippen LogP contribution >= 0.6 is 0 Å². The van der Waals surface area contributed by atoms with E-state index in [1.165, 1.54) is 0 Å². The molecule has 8 heteroatoms. The summed E-state index contributed by atoms with van der Waals surface area (Å²) in [5.74, 6) is -0.656. The molecule has 16 heavy (non-hydrogen) atoms. The Balaban J connectivity index is 2.60. The number of nitrogens with two attached hydrogens (primary N) is 1. The number of aliphatic hydroxyl groups is 4. The molecule has 0 radical (unpaired) electrons. The number of carbonyl (C=O) groups is 1. The highest BCUT2D eigenvalue weighted by Gasteiger charge is 2.43. The molecule has 1 aliphatic rings. The van der Waals surface area contributed by atoms with Gasteiger partial charge in [0.05, 0.1) is 13.2 Å². The number of primary amides is 1. The topological polar surface area (TPSA) is 145 Å². The van der Waals surface area contributed by atoms with Crippen molar-refractivity contribution < 1.29 is 30.0 Å². The van der Waals surface area contributed by atoms with Crippen LogP contribution in [-0.4, -0.2) is 70.1 Å². The van der Waals surface area contributed by atoms with Crippen molar-refractivity contribution in [3.05, 3.63) is 0 Å². The molecular formula is C8H16N2O6. The van der Waals surface area contributed by atoms with Gasteiger partial charge in [-0.3, -0.25) is 10.1 Å². The van der Waals surface area contributed by atoms with Gasteiger partial charge in [0.1, 0.15) is 30.6 Å². The van der Waals surface area contributed by atoms with Gasteiger partial charge in [-0.2, -0.15) is 0 Å². The Kier molecular flexibility index (Phi) is 4.59. The molecule has 0 aromatic rings. The molecule has 1 rings (SSSR count). The van der Waals surface area contributed by atoms with Crippen molar-refractivity contribution in [1.29, 1.82) is 0 Å². The average molecular weight is 236 g/mol. The largest absolute Gasteiger partial charge is 0.394 e. The second kappa shape index (κ2) is 5.53. The molecule has 0 aromatic heterocycles. The van der Waals surface area contributed by atoms with Crippen LogP contribution < -0.4 is 11.1 Å². The van der Waals surface area contributed by atoms with Gasteiger partial charge in [-0.15, -0.1) is 0 Å². The number of aliphatic hydroxyl groups excluding tert-OH is 4. The maximum absolute atomic E-state index is 10.5. The van der Waals surface area contributed by atoms with Gasteiger partial charge in [-0.1, -0.05) is 0 Å². The van der Waals surface area contributed by atoms with E-state index in [1.54, 1.807) is 0 Å². The summed E-state index contributed by atoms with van der Waals surface area (Å²) in [6.07, 6.45) is -6.34. The highest BCUT2D eigenvalue weighted by Crippen LogP contribution is 2.19. The smallest absolute Gasteiger partial charge is 0.231 e. The molecule has 0 bridgehead atoms. The third-order valence-electron chi connectivity index (χ3n) is 2.37. The van der Waals surface area contributed by atoms with Crippen molar-refractivity contribution in [1.82, 2.24) is 5.32 Å². The molecule has 0 aromatic carbocycles. The predicted molar refractivity (Wildman–Crippen MR) is 51.0 cm³/mol. The second-order valence-electron chi connectivity index (χ2n) is 3.60. The van der Waals surface area contributed by atoms with Crippen molar-refractivity contribution in [3.8, 4) is 0 Å². The van der Waals surface area contributed by atoms with Crippen molar-refractivity contribution in [2.75, 3.05) is 13.2 Å². The van der Waals surface area contributed by atoms with Crippen molar-refractivity contribution in [2.45, 2.75) is 30.6 Å². The van der Waals surface area contributed by atoms with Crippen LogP contribution in [0.5, 0.6) is 0 Å². The molecule has 1 aliphatic heterocycles. The maximum atomic E-state index is 10.5. The van der Waals surface area contributed by atoms with E-state index in [0.29, 0.717) is 0 Å². The lowest BCUT2D eigenvalue weighted by atomic mass is 9.98. The van der Waals surface area contributed by atoms with E-state index in [0.717, 1.165) is 0 Å². The van der Waals surface area contributed by atoms with E-state index in [9.17, 15) is 20.1 Å². The Labute approximate surface area is 91.6 Å². The number of nitrogens with one attached hydrogen (secondary N) is 1. The van der Waals surface area contributed by atoms with Crippen LogP contribution in [0.4, 0.5) is 0 Å². The number of carbonyl (C=O) groups excluding carboxylic acids is 1. The quantitative estimate of drug-likeness (QED) is 0.290. The van der Waals surface area contributed by atoms with Crippen LogP contribution in [0.1, 0.15) is 0 Å². The third kappa shape index (κ3) is 2.88. The van der Waals surface area contributed by atoms with E-state index >= 15 is 0 Å². The first-order chi connectivity index (χ1) is 7.47. The van der Waals surface area contributed by atoms with Crippen molar-refractivity contribution in [3.63, 3.8) is 0 Å². The SMILES string of the molecule is NC(=O)CN[C@H]1O[C@H](CO)[C@@H](O)[C@H](O)[C@@H]1O. The summed E-state index contributed by atoms with van der Waals surface area (Å²) in [7, 11) is 0. The molecule has 1 heterocycles. The number of ether oxygens (including phenoxy) is 1. The van der Waals surface area contributed by atoms with Gasteiger partial charge >= 0.3 is 0 Å². The Morgan fingerprint density at radius 3 is 2.38 bits per heavy atom. The Morgan fingerprint density at radius 1 is 1.25 bits per heavy atom. The van der Waals surface area contributed by atoms with Crippen LogP contribution in [0, 0.1) is 0 Å². The van der Waals surface area contributed by atoms with Gasteiger partial charge in [0.15, 0.2) is 0 Å². The van der Waals surface area contributed by atoms with Gasteiger partial charge in [0, 0.05) is 0 Å². The Morgan fingerprint density at radius 2 is 1.88 bits per heavy atom. The molecule has 1 fully saturated rings. The molecule has 0 saturated carbocycles. The summed E-state index contributed by atoms with van der Waals surface area (Å²) >= 11 is 0. The minimum Gasteiger partial charge on any atom is -0.394 e.